The van der Waals surface area contributed by atoms with Gasteiger partial charge in [0, 0.05) is 16.9 Å². The summed E-state index contributed by atoms with van der Waals surface area (Å²) >= 11 is 1.45. The van der Waals surface area contributed by atoms with Gasteiger partial charge in [-0.3, -0.25) is 4.79 Å². The fourth-order valence-electron chi connectivity index (χ4n) is 1.17. The zero-order chi connectivity index (χ0) is 11.4. The molecule has 0 bridgehead atoms. The standard InChI is InChI=1S/C11H13NO2S/c1-7(11(12)14)5-8-3-4-9(13)10(6-8)15-2/h3-4,6,13H,1,5H2,2H3,(H2,12,14). The maximum absolute atomic E-state index is 10.8. The van der Waals surface area contributed by atoms with Crippen LogP contribution in [0.25, 0.3) is 0 Å². The summed E-state index contributed by atoms with van der Waals surface area (Å²) in [7, 11) is 0. The molecule has 0 fully saturated rings. The molecule has 3 N–H and O–H groups in total. The Morgan fingerprint density at radius 1 is 1.60 bits per heavy atom. The number of phenols is 1. The van der Waals surface area contributed by atoms with Crippen LogP contribution >= 0.6 is 11.8 Å². The minimum absolute atomic E-state index is 0.246. The first-order valence-corrected chi connectivity index (χ1v) is 5.60. The number of aromatic hydroxyl groups is 1. The van der Waals surface area contributed by atoms with Crippen molar-refractivity contribution in [3.63, 3.8) is 0 Å². The number of carbonyl (C=O) groups is 1. The molecule has 3 nitrogen and oxygen atoms in total. The summed E-state index contributed by atoms with van der Waals surface area (Å²) < 4.78 is 0. The molecule has 0 aliphatic carbocycles. The van der Waals surface area contributed by atoms with E-state index in [1.165, 1.54) is 11.8 Å². The SMILES string of the molecule is C=C(Cc1ccc(O)c(SC)c1)C(N)=O. The molecule has 0 spiro atoms. The van der Waals surface area contributed by atoms with Crippen LogP contribution in [0.3, 0.4) is 0 Å². The maximum atomic E-state index is 10.8. The molecule has 1 amide bonds. The Morgan fingerprint density at radius 2 is 2.27 bits per heavy atom. The average Bonchev–Trinajstić information content (AvgIpc) is 2.20. The van der Waals surface area contributed by atoms with Crippen molar-refractivity contribution in [2.75, 3.05) is 6.26 Å². The van der Waals surface area contributed by atoms with E-state index in [9.17, 15) is 9.90 Å². The van der Waals surface area contributed by atoms with E-state index in [-0.39, 0.29) is 5.75 Å². The lowest BCUT2D eigenvalue weighted by Crippen LogP contribution is -2.14. The third-order valence-electron chi connectivity index (χ3n) is 2.01. The molecule has 80 valence electrons. The number of hydrogen-bond donors (Lipinski definition) is 2. The van der Waals surface area contributed by atoms with Gasteiger partial charge in [0.25, 0.3) is 0 Å². The van der Waals surface area contributed by atoms with E-state index >= 15 is 0 Å². The molecule has 1 aromatic rings. The number of thioether (sulfide) groups is 1. The Balaban J connectivity index is 2.87. The molecule has 0 heterocycles. The number of amides is 1. The summed E-state index contributed by atoms with van der Waals surface area (Å²) in [4.78, 5) is 11.6. The monoisotopic (exact) mass is 223 g/mol. The van der Waals surface area contributed by atoms with Gasteiger partial charge in [0.1, 0.15) is 5.75 Å². The Morgan fingerprint density at radius 3 is 2.80 bits per heavy atom. The molecule has 1 rings (SSSR count). The Kier molecular flexibility index (Phi) is 3.80. The summed E-state index contributed by atoms with van der Waals surface area (Å²) in [6.45, 7) is 3.58. The molecular weight excluding hydrogens is 210 g/mol. The Labute approximate surface area is 93.0 Å². The quantitative estimate of drug-likeness (QED) is 0.603. The first-order chi connectivity index (χ1) is 7.04. The van der Waals surface area contributed by atoms with Crippen molar-refractivity contribution in [1.82, 2.24) is 0 Å². The summed E-state index contributed by atoms with van der Waals surface area (Å²) in [5.41, 5.74) is 6.38. The first kappa shape index (κ1) is 11.7. The topological polar surface area (TPSA) is 63.3 Å². The van der Waals surface area contributed by atoms with Crippen LogP contribution in [0, 0.1) is 0 Å². The van der Waals surface area contributed by atoms with E-state index < -0.39 is 5.91 Å². The number of primary amides is 1. The molecule has 15 heavy (non-hydrogen) atoms. The molecule has 0 saturated heterocycles. The van der Waals surface area contributed by atoms with E-state index in [1.54, 1.807) is 12.1 Å². The van der Waals surface area contributed by atoms with Gasteiger partial charge in [-0.15, -0.1) is 11.8 Å². The molecule has 4 heteroatoms. The third-order valence-corrected chi connectivity index (χ3v) is 2.78. The van der Waals surface area contributed by atoms with Gasteiger partial charge in [-0.05, 0) is 24.0 Å². The third kappa shape index (κ3) is 3.02. The lowest BCUT2D eigenvalue weighted by Gasteiger charge is -2.05. The molecule has 1 aromatic carbocycles. The van der Waals surface area contributed by atoms with Crippen molar-refractivity contribution in [3.05, 3.63) is 35.9 Å². The highest BCUT2D eigenvalue weighted by atomic mass is 32.2. The van der Waals surface area contributed by atoms with E-state index in [4.69, 9.17) is 5.73 Å². The number of phenolic OH excluding ortho intramolecular Hbond substituents is 1. The van der Waals surface area contributed by atoms with Gasteiger partial charge in [0.15, 0.2) is 0 Å². The van der Waals surface area contributed by atoms with Gasteiger partial charge in [-0.25, -0.2) is 0 Å². The summed E-state index contributed by atoms with van der Waals surface area (Å²) in [5.74, 6) is -0.246. The lowest BCUT2D eigenvalue weighted by atomic mass is 10.1. The van der Waals surface area contributed by atoms with E-state index in [0.29, 0.717) is 12.0 Å². The molecule has 0 aromatic heterocycles. The van der Waals surface area contributed by atoms with Crippen LogP contribution in [0.2, 0.25) is 0 Å². The minimum atomic E-state index is -0.492. The number of hydrogen-bond acceptors (Lipinski definition) is 3. The summed E-state index contributed by atoms with van der Waals surface area (Å²) in [6.07, 6.45) is 2.30. The van der Waals surface area contributed by atoms with Gasteiger partial charge in [0.2, 0.25) is 5.91 Å². The van der Waals surface area contributed by atoms with Crippen LogP contribution in [0.4, 0.5) is 0 Å². The maximum Gasteiger partial charge on any atom is 0.244 e. The second-order valence-corrected chi connectivity index (χ2v) is 4.00. The molecule has 0 saturated carbocycles. The van der Waals surface area contributed by atoms with Gasteiger partial charge in [0.05, 0.1) is 0 Å². The predicted octanol–water partition coefficient (Wildman–Crippen LogP) is 1.70. The number of nitrogens with two attached hydrogens (primary N) is 1. The van der Waals surface area contributed by atoms with Crippen LogP contribution in [-0.2, 0) is 11.2 Å². The second kappa shape index (κ2) is 4.89. The fourth-order valence-corrected chi connectivity index (χ4v) is 1.71. The summed E-state index contributed by atoms with van der Waals surface area (Å²) in [5, 5.41) is 9.44. The molecule has 0 aliphatic rings. The number of rotatable bonds is 4. The smallest absolute Gasteiger partial charge is 0.244 e. The fraction of sp³-hybridized carbons (Fsp3) is 0.182. The van der Waals surface area contributed by atoms with Crippen LogP contribution < -0.4 is 5.73 Å². The molecule has 0 unspecified atom stereocenters. The molecular formula is C11H13NO2S. The predicted molar refractivity (Wildman–Crippen MR) is 61.9 cm³/mol. The van der Waals surface area contributed by atoms with Crippen LogP contribution in [-0.4, -0.2) is 17.3 Å². The largest absolute Gasteiger partial charge is 0.507 e. The van der Waals surface area contributed by atoms with E-state index in [0.717, 1.165) is 10.5 Å². The highest BCUT2D eigenvalue weighted by Gasteiger charge is 2.06. The molecule has 0 radical (unpaired) electrons. The Bertz CT molecular complexity index is 402. The van der Waals surface area contributed by atoms with Gasteiger partial charge in [-0.1, -0.05) is 12.6 Å². The Hall–Kier alpha value is -1.42. The normalized spacial score (nSPS) is 9.93. The van der Waals surface area contributed by atoms with Crippen LogP contribution in [0.5, 0.6) is 5.75 Å². The van der Waals surface area contributed by atoms with Crippen LogP contribution in [0.1, 0.15) is 5.56 Å². The summed E-state index contributed by atoms with van der Waals surface area (Å²) in [6, 6.07) is 5.19. The molecule has 0 atom stereocenters. The van der Waals surface area contributed by atoms with Crippen molar-refractivity contribution < 1.29 is 9.90 Å². The molecule has 0 aliphatic heterocycles. The van der Waals surface area contributed by atoms with Crippen molar-refractivity contribution in [2.45, 2.75) is 11.3 Å². The average molecular weight is 223 g/mol. The number of carbonyl (C=O) groups excluding carboxylic acids is 1. The van der Waals surface area contributed by atoms with Gasteiger partial charge < -0.3 is 10.8 Å². The van der Waals surface area contributed by atoms with Crippen molar-refractivity contribution in [3.8, 4) is 5.75 Å². The van der Waals surface area contributed by atoms with Crippen molar-refractivity contribution in [2.24, 2.45) is 5.73 Å². The lowest BCUT2D eigenvalue weighted by molar-refractivity contribution is -0.114. The second-order valence-electron chi connectivity index (χ2n) is 3.15. The van der Waals surface area contributed by atoms with Gasteiger partial charge in [-0.2, -0.15) is 0 Å². The van der Waals surface area contributed by atoms with Gasteiger partial charge >= 0.3 is 0 Å². The highest BCUT2D eigenvalue weighted by Crippen LogP contribution is 2.27. The highest BCUT2D eigenvalue weighted by molar-refractivity contribution is 7.98. The van der Waals surface area contributed by atoms with Crippen LogP contribution in [0.15, 0.2) is 35.2 Å². The van der Waals surface area contributed by atoms with E-state index in [2.05, 4.69) is 6.58 Å². The van der Waals surface area contributed by atoms with E-state index in [1.807, 2.05) is 12.3 Å². The zero-order valence-electron chi connectivity index (χ0n) is 8.49. The zero-order valence-corrected chi connectivity index (χ0v) is 9.30. The first-order valence-electron chi connectivity index (χ1n) is 4.38. The van der Waals surface area contributed by atoms with Crippen molar-refractivity contribution in [1.29, 1.82) is 0 Å². The number of benzene rings is 1. The van der Waals surface area contributed by atoms with Crippen molar-refractivity contribution >= 4 is 17.7 Å². The minimum Gasteiger partial charge on any atom is -0.507 e.